The lowest BCUT2D eigenvalue weighted by atomic mass is 10.1. The van der Waals surface area contributed by atoms with Gasteiger partial charge in [-0.2, -0.15) is 0 Å². The smallest absolute Gasteiger partial charge is 0.257 e. The van der Waals surface area contributed by atoms with Crippen LogP contribution in [0.25, 0.3) is 0 Å². The van der Waals surface area contributed by atoms with Crippen molar-refractivity contribution >= 4 is 5.91 Å². The van der Waals surface area contributed by atoms with Crippen molar-refractivity contribution in [2.45, 2.75) is 20.0 Å². The summed E-state index contributed by atoms with van der Waals surface area (Å²) in [6, 6.07) is 1.91. The number of aromatic nitrogens is 3. The molecular weight excluding hydrogens is 282 g/mol. The fraction of sp³-hybridized carbons (Fsp3) is 0.308. The largest absolute Gasteiger partial charge is 0.497 e. The lowest BCUT2D eigenvalue weighted by molar-refractivity contribution is 0.0941. The summed E-state index contributed by atoms with van der Waals surface area (Å²) in [4.78, 5) is 11.9. The van der Waals surface area contributed by atoms with Crippen LogP contribution in [0.2, 0.25) is 0 Å². The number of benzene rings is 1. The van der Waals surface area contributed by atoms with Gasteiger partial charge in [0.05, 0.1) is 25.5 Å². The quantitative estimate of drug-likeness (QED) is 0.908. The highest BCUT2D eigenvalue weighted by atomic mass is 19.1. The fourth-order valence-electron chi connectivity index (χ4n) is 1.83. The van der Waals surface area contributed by atoms with E-state index in [0.717, 1.165) is 12.1 Å². The van der Waals surface area contributed by atoms with Crippen LogP contribution in [-0.4, -0.2) is 28.0 Å². The van der Waals surface area contributed by atoms with Crippen molar-refractivity contribution in [3.8, 4) is 5.75 Å². The summed E-state index contributed by atoms with van der Waals surface area (Å²) in [5, 5.41) is 9.93. The summed E-state index contributed by atoms with van der Waals surface area (Å²) in [6.07, 6.45) is 1.48. The highest BCUT2D eigenvalue weighted by molar-refractivity contribution is 5.94. The van der Waals surface area contributed by atoms with Crippen molar-refractivity contribution in [1.29, 1.82) is 0 Å². The maximum Gasteiger partial charge on any atom is 0.257 e. The van der Waals surface area contributed by atoms with E-state index in [0.29, 0.717) is 12.2 Å². The number of halogens is 2. The van der Waals surface area contributed by atoms with Gasteiger partial charge >= 0.3 is 0 Å². The normalized spacial score (nSPS) is 10.5. The second-order valence-electron chi connectivity index (χ2n) is 4.19. The molecule has 0 radical (unpaired) electrons. The van der Waals surface area contributed by atoms with Crippen molar-refractivity contribution in [3.63, 3.8) is 0 Å². The first-order valence-corrected chi connectivity index (χ1v) is 6.25. The number of ether oxygens (including phenoxy) is 1. The van der Waals surface area contributed by atoms with E-state index in [1.54, 1.807) is 4.68 Å². The van der Waals surface area contributed by atoms with Gasteiger partial charge in [-0.1, -0.05) is 5.21 Å². The highest BCUT2D eigenvalue weighted by Gasteiger charge is 2.19. The number of amides is 1. The van der Waals surface area contributed by atoms with E-state index in [-0.39, 0.29) is 12.3 Å². The molecule has 2 rings (SSSR count). The van der Waals surface area contributed by atoms with Crippen LogP contribution in [0.1, 0.15) is 23.0 Å². The summed E-state index contributed by atoms with van der Waals surface area (Å²) in [7, 11) is 1.28. The summed E-state index contributed by atoms with van der Waals surface area (Å²) in [5.74, 6) is -2.80. The third-order valence-corrected chi connectivity index (χ3v) is 2.91. The Bertz CT molecular complexity index is 634. The van der Waals surface area contributed by atoms with Crippen molar-refractivity contribution in [2.24, 2.45) is 0 Å². The molecule has 0 bridgehead atoms. The van der Waals surface area contributed by atoms with Gasteiger partial charge in [-0.25, -0.2) is 13.5 Å². The molecule has 0 unspecified atom stereocenters. The molecule has 2 aromatic rings. The molecule has 0 saturated carbocycles. The Morgan fingerprint density at radius 1 is 1.38 bits per heavy atom. The first-order chi connectivity index (χ1) is 10.1. The molecule has 0 atom stereocenters. The highest BCUT2D eigenvalue weighted by Crippen LogP contribution is 2.20. The standard InChI is InChI=1S/C13H14F2N4O2/c1-3-19-8(7-17-18-19)6-16-13(20)12-10(14)4-9(21-2)5-11(12)15/h4-5,7H,3,6H2,1-2H3,(H,16,20). The Morgan fingerprint density at radius 2 is 2.05 bits per heavy atom. The van der Waals surface area contributed by atoms with Gasteiger partial charge in [0.2, 0.25) is 0 Å². The molecule has 1 aromatic carbocycles. The zero-order valence-electron chi connectivity index (χ0n) is 11.6. The van der Waals surface area contributed by atoms with Gasteiger partial charge in [0.15, 0.2) is 0 Å². The van der Waals surface area contributed by atoms with Crippen molar-refractivity contribution < 1.29 is 18.3 Å². The molecule has 0 fully saturated rings. The van der Waals surface area contributed by atoms with E-state index in [9.17, 15) is 13.6 Å². The molecule has 6 nitrogen and oxygen atoms in total. The summed E-state index contributed by atoms with van der Waals surface area (Å²) < 4.78 is 33.8. The molecule has 0 aliphatic heterocycles. The van der Waals surface area contributed by atoms with E-state index >= 15 is 0 Å². The zero-order chi connectivity index (χ0) is 15.4. The van der Waals surface area contributed by atoms with Gasteiger partial charge in [-0.3, -0.25) is 4.79 Å². The molecule has 0 aliphatic rings. The average molecular weight is 296 g/mol. The minimum atomic E-state index is -0.980. The first kappa shape index (κ1) is 14.9. The van der Waals surface area contributed by atoms with Gasteiger partial charge in [0, 0.05) is 18.7 Å². The van der Waals surface area contributed by atoms with Crippen LogP contribution in [0, 0.1) is 11.6 Å². The van der Waals surface area contributed by atoms with Crippen LogP contribution < -0.4 is 10.1 Å². The fourth-order valence-corrected chi connectivity index (χ4v) is 1.83. The second kappa shape index (κ2) is 6.29. The monoisotopic (exact) mass is 296 g/mol. The van der Waals surface area contributed by atoms with Crippen LogP contribution in [0.15, 0.2) is 18.3 Å². The van der Waals surface area contributed by atoms with Gasteiger partial charge in [-0.15, -0.1) is 5.10 Å². The molecule has 1 N–H and O–H groups in total. The Balaban J connectivity index is 2.14. The minimum absolute atomic E-state index is 0.00908. The number of hydrogen-bond acceptors (Lipinski definition) is 4. The van der Waals surface area contributed by atoms with Gasteiger partial charge in [-0.05, 0) is 6.92 Å². The van der Waals surface area contributed by atoms with Crippen LogP contribution in [-0.2, 0) is 13.1 Å². The number of carbonyl (C=O) groups is 1. The topological polar surface area (TPSA) is 69.0 Å². The number of nitrogens with one attached hydrogen (secondary N) is 1. The molecule has 112 valence electrons. The average Bonchev–Trinajstić information content (AvgIpc) is 2.91. The molecule has 21 heavy (non-hydrogen) atoms. The van der Waals surface area contributed by atoms with Crippen LogP contribution in [0.5, 0.6) is 5.75 Å². The Hall–Kier alpha value is -2.51. The second-order valence-corrected chi connectivity index (χ2v) is 4.19. The summed E-state index contributed by atoms with van der Waals surface area (Å²) >= 11 is 0. The number of rotatable bonds is 5. The Morgan fingerprint density at radius 3 is 2.62 bits per heavy atom. The molecular formula is C13H14F2N4O2. The molecule has 1 aromatic heterocycles. The zero-order valence-corrected chi connectivity index (χ0v) is 11.6. The predicted molar refractivity (Wildman–Crippen MR) is 69.8 cm³/mol. The Labute approximate surface area is 119 Å². The maximum absolute atomic E-state index is 13.7. The van der Waals surface area contributed by atoms with Crippen LogP contribution in [0.4, 0.5) is 8.78 Å². The van der Waals surface area contributed by atoms with Gasteiger partial charge < -0.3 is 10.1 Å². The first-order valence-electron chi connectivity index (χ1n) is 6.25. The van der Waals surface area contributed by atoms with E-state index in [2.05, 4.69) is 15.6 Å². The number of aryl methyl sites for hydroxylation is 1. The maximum atomic E-state index is 13.7. The minimum Gasteiger partial charge on any atom is -0.497 e. The van der Waals surface area contributed by atoms with Crippen LogP contribution in [0.3, 0.4) is 0 Å². The molecule has 1 amide bonds. The lowest BCUT2D eigenvalue weighted by Gasteiger charge is -2.09. The van der Waals surface area contributed by atoms with Gasteiger partial charge in [0.1, 0.15) is 22.9 Å². The van der Waals surface area contributed by atoms with E-state index in [1.807, 2.05) is 6.92 Å². The summed E-state index contributed by atoms with van der Waals surface area (Å²) in [6.45, 7) is 2.52. The van der Waals surface area contributed by atoms with Crippen molar-refractivity contribution in [1.82, 2.24) is 20.3 Å². The molecule has 0 saturated heterocycles. The SMILES string of the molecule is CCn1nncc1CNC(=O)c1c(F)cc(OC)cc1F. The van der Waals surface area contributed by atoms with E-state index < -0.39 is 23.1 Å². The lowest BCUT2D eigenvalue weighted by Crippen LogP contribution is -2.26. The molecule has 8 heteroatoms. The molecule has 1 heterocycles. The third kappa shape index (κ3) is 3.15. The number of carbonyl (C=O) groups excluding carboxylic acids is 1. The number of hydrogen-bond donors (Lipinski definition) is 1. The molecule has 0 spiro atoms. The van der Waals surface area contributed by atoms with Gasteiger partial charge in [0.25, 0.3) is 5.91 Å². The van der Waals surface area contributed by atoms with E-state index in [1.165, 1.54) is 13.3 Å². The number of nitrogens with zero attached hydrogens (tertiary/aromatic N) is 3. The van der Waals surface area contributed by atoms with E-state index in [4.69, 9.17) is 4.74 Å². The van der Waals surface area contributed by atoms with Crippen molar-refractivity contribution in [2.75, 3.05) is 7.11 Å². The van der Waals surface area contributed by atoms with Crippen molar-refractivity contribution in [3.05, 3.63) is 41.2 Å². The molecule has 0 aliphatic carbocycles. The summed E-state index contributed by atoms with van der Waals surface area (Å²) in [5.41, 5.74) is -0.00787. The van der Waals surface area contributed by atoms with Crippen LogP contribution >= 0.6 is 0 Å². The number of methoxy groups -OCH3 is 1. The third-order valence-electron chi connectivity index (χ3n) is 2.91. The Kier molecular flexibility index (Phi) is 4.46. The predicted octanol–water partition coefficient (Wildman–Crippen LogP) is 1.51.